The molecule has 0 saturated heterocycles. The molecule has 0 aliphatic carbocycles. The summed E-state index contributed by atoms with van der Waals surface area (Å²) in [5.41, 5.74) is 1.98. The van der Waals surface area contributed by atoms with Gasteiger partial charge in [0.15, 0.2) is 0 Å². The number of aromatic nitrogens is 3. The SMILES string of the molecule is CCOC(=O)/C=C/C=C/c1ccc(-n2cncn2)cc1. The molecule has 0 N–H and O–H groups in total. The first-order valence-electron chi connectivity index (χ1n) is 6.26. The number of ether oxygens (including phenoxy) is 1. The van der Waals surface area contributed by atoms with Crippen LogP contribution in [0.2, 0.25) is 0 Å². The van der Waals surface area contributed by atoms with Crippen LogP contribution < -0.4 is 0 Å². The average molecular weight is 269 g/mol. The first-order chi connectivity index (χ1) is 9.79. The van der Waals surface area contributed by atoms with Gasteiger partial charge < -0.3 is 4.74 Å². The summed E-state index contributed by atoms with van der Waals surface area (Å²) in [6.07, 6.45) is 9.89. The molecule has 0 bridgehead atoms. The van der Waals surface area contributed by atoms with Crippen LogP contribution in [0.15, 0.2) is 55.1 Å². The summed E-state index contributed by atoms with van der Waals surface area (Å²) in [6.45, 7) is 2.16. The normalized spacial score (nSPS) is 11.2. The maximum Gasteiger partial charge on any atom is 0.330 e. The molecule has 1 heterocycles. The summed E-state index contributed by atoms with van der Waals surface area (Å²) in [6, 6.07) is 7.82. The highest BCUT2D eigenvalue weighted by Gasteiger charge is 1.95. The lowest BCUT2D eigenvalue weighted by molar-refractivity contribution is -0.137. The van der Waals surface area contributed by atoms with Gasteiger partial charge in [-0.2, -0.15) is 5.10 Å². The number of rotatable bonds is 5. The van der Waals surface area contributed by atoms with E-state index in [1.807, 2.05) is 30.3 Å². The largest absolute Gasteiger partial charge is 0.463 e. The van der Waals surface area contributed by atoms with E-state index in [1.165, 1.54) is 12.4 Å². The molecule has 20 heavy (non-hydrogen) atoms. The molecule has 0 unspecified atom stereocenters. The van der Waals surface area contributed by atoms with E-state index < -0.39 is 0 Å². The van der Waals surface area contributed by atoms with Crippen molar-refractivity contribution in [2.75, 3.05) is 6.61 Å². The number of carbonyl (C=O) groups is 1. The molecule has 0 aliphatic rings. The van der Waals surface area contributed by atoms with E-state index in [0.717, 1.165) is 11.3 Å². The third kappa shape index (κ3) is 3.91. The van der Waals surface area contributed by atoms with E-state index in [0.29, 0.717) is 6.61 Å². The number of benzene rings is 1. The monoisotopic (exact) mass is 269 g/mol. The fourth-order valence-corrected chi connectivity index (χ4v) is 1.57. The van der Waals surface area contributed by atoms with E-state index in [9.17, 15) is 4.79 Å². The van der Waals surface area contributed by atoms with Crippen LogP contribution in [0.4, 0.5) is 0 Å². The van der Waals surface area contributed by atoms with Crippen molar-refractivity contribution >= 4 is 12.0 Å². The zero-order valence-electron chi connectivity index (χ0n) is 11.1. The van der Waals surface area contributed by atoms with Gasteiger partial charge in [-0.1, -0.05) is 30.4 Å². The lowest BCUT2D eigenvalue weighted by Gasteiger charge is -2.00. The molecule has 1 aromatic heterocycles. The van der Waals surface area contributed by atoms with E-state index in [1.54, 1.807) is 30.1 Å². The molecule has 2 rings (SSSR count). The minimum absolute atomic E-state index is 0.335. The summed E-state index contributed by atoms with van der Waals surface area (Å²) < 4.78 is 6.46. The van der Waals surface area contributed by atoms with Crippen molar-refractivity contribution in [3.63, 3.8) is 0 Å². The Kier molecular flexibility index (Phi) is 4.83. The quantitative estimate of drug-likeness (QED) is 0.475. The fraction of sp³-hybridized carbons (Fsp3) is 0.133. The Morgan fingerprint density at radius 3 is 2.75 bits per heavy atom. The summed E-state index contributed by atoms with van der Waals surface area (Å²) in [5.74, 6) is -0.335. The van der Waals surface area contributed by atoms with Gasteiger partial charge in [-0.25, -0.2) is 14.5 Å². The Morgan fingerprint density at radius 1 is 1.30 bits per heavy atom. The van der Waals surface area contributed by atoms with Gasteiger partial charge in [-0.15, -0.1) is 0 Å². The Morgan fingerprint density at radius 2 is 2.10 bits per heavy atom. The number of hydrogen-bond acceptors (Lipinski definition) is 4. The molecule has 102 valence electrons. The molecule has 0 atom stereocenters. The Bertz CT molecular complexity index is 599. The predicted molar refractivity (Wildman–Crippen MR) is 76.2 cm³/mol. The lowest BCUT2D eigenvalue weighted by atomic mass is 10.2. The highest BCUT2D eigenvalue weighted by Crippen LogP contribution is 2.09. The third-order valence-corrected chi connectivity index (χ3v) is 2.50. The van der Waals surface area contributed by atoms with Crippen molar-refractivity contribution in [1.29, 1.82) is 0 Å². The molecule has 0 aliphatic heterocycles. The minimum atomic E-state index is -0.335. The number of esters is 1. The van der Waals surface area contributed by atoms with Gasteiger partial charge in [0.25, 0.3) is 0 Å². The lowest BCUT2D eigenvalue weighted by Crippen LogP contribution is -1.98. The van der Waals surface area contributed by atoms with Gasteiger partial charge >= 0.3 is 5.97 Å². The molecular weight excluding hydrogens is 254 g/mol. The van der Waals surface area contributed by atoms with Gasteiger partial charge in [0, 0.05) is 6.08 Å². The Balaban J connectivity index is 1.95. The standard InChI is InChI=1S/C15H15N3O2/c1-2-20-15(19)6-4-3-5-13-7-9-14(10-8-13)18-12-16-11-17-18/h3-12H,2H2,1H3/b5-3+,6-4+. The van der Waals surface area contributed by atoms with Crippen molar-refractivity contribution in [2.45, 2.75) is 6.92 Å². The maximum atomic E-state index is 11.1. The minimum Gasteiger partial charge on any atom is -0.463 e. The van der Waals surface area contributed by atoms with Crippen LogP contribution in [0.1, 0.15) is 12.5 Å². The molecular formula is C15H15N3O2. The van der Waals surface area contributed by atoms with E-state index in [4.69, 9.17) is 4.74 Å². The number of carbonyl (C=O) groups excluding carboxylic acids is 1. The van der Waals surface area contributed by atoms with Gasteiger partial charge in [-0.05, 0) is 24.6 Å². The molecule has 1 aromatic carbocycles. The van der Waals surface area contributed by atoms with Gasteiger partial charge in [-0.3, -0.25) is 0 Å². The Hall–Kier alpha value is -2.69. The van der Waals surface area contributed by atoms with Gasteiger partial charge in [0.05, 0.1) is 12.3 Å². The molecule has 0 radical (unpaired) electrons. The van der Waals surface area contributed by atoms with Gasteiger partial charge in [0.2, 0.25) is 0 Å². The van der Waals surface area contributed by atoms with Crippen molar-refractivity contribution in [2.24, 2.45) is 0 Å². The second-order valence-corrected chi connectivity index (χ2v) is 3.90. The van der Waals surface area contributed by atoms with Crippen LogP contribution in [-0.4, -0.2) is 27.3 Å². The van der Waals surface area contributed by atoms with Crippen LogP contribution in [0, 0.1) is 0 Å². The van der Waals surface area contributed by atoms with Crippen molar-refractivity contribution in [1.82, 2.24) is 14.8 Å². The van der Waals surface area contributed by atoms with Crippen molar-refractivity contribution in [3.05, 3.63) is 60.7 Å². The second kappa shape index (κ2) is 7.04. The topological polar surface area (TPSA) is 57.0 Å². The number of nitrogens with zero attached hydrogens (tertiary/aromatic N) is 3. The van der Waals surface area contributed by atoms with Crippen LogP contribution in [0.3, 0.4) is 0 Å². The molecule has 5 heteroatoms. The molecule has 2 aromatic rings. The van der Waals surface area contributed by atoms with Crippen molar-refractivity contribution in [3.8, 4) is 5.69 Å². The first kappa shape index (κ1) is 13.7. The van der Waals surface area contributed by atoms with Gasteiger partial charge in [0.1, 0.15) is 12.7 Å². The average Bonchev–Trinajstić information content (AvgIpc) is 2.99. The first-order valence-corrected chi connectivity index (χ1v) is 6.26. The van der Waals surface area contributed by atoms with Crippen molar-refractivity contribution < 1.29 is 9.53 Å². The second-order valence-electron chi connectivity index (χ2n) is 3.90. The van der Waals surface area contributed by atoms with Crippen LogP contribution in [0.5, 0.6) is 0 Å². The summed E-state index contributed by atoms with van der Waals surface area (Å²) in [7, 11) is 0. The highest BCUT2D eigenvalue weighted by molar-refractivity contribution is 5.82. The van der Waals surface area contributed by atoms with E-state index in [2.05, 4.69) is 10.1 Å². The maximum absolute atomic E-state index is 11.1. The van der Waals surface area contributed by atoms with E-state index >= 15 is 0 Å². The zero-order valence-corrected chi connectivity index (χ0v) is 11.1. The molecule has 0 amide bonds. The predicted octanol–water partition coefficient (Wildman–Crippen LogP) is 2.40. The zero-order chi connectivity index (χ0) is 14.2. The fourth-order valence-electron chi connectivity index (χ4n) is 1.57. The molecule has 5 nitrogen and oxygen atoms in total. The van der Waals surface area contributed by atoms with Crippen LogP contribution >= 0.6 is 0 Å². The molecule has 0 saturated carbocycles. The highest BCUT2D eigenvalue weighted by atomic mass is 16.5. The van der Waals surface area contributed by atoms with Crippen LogP contribution in [0.25, 0.3) is 11.8 Å². The van der Waals surface area contributed by atoms with Crippen LogP contribution in [-0.2, 0) is 9.53 Å². The summed E-state index contributed by atoms with van der Waals surface area (Å²) >= 11 is 0. The number of allylic oxidation sites excluding steroid dienone is 2. The molecule has 0 spiro atoms. The smallest absolute Gasteiger partial charge is 0.330 e. The third-order valence-electron chi connectivity index (χ3n) is 2.50. The van der Waals surface area contributed by atoms with E-state index in [-0.39, 0.29) is 5.97 Å². The number of hydrogen-bond donors (Lipinski definition) is 0. The summed E-state index contributed by atoms with van der Waals surface area (Å²) in [5, 5.41) is 4.05. The summed E-state index contributed by atoms with van der Waals surface area (Å²) in [4.78, 5) is 15.0. The molecule has 0 fully saturated rings. The Labute approximate surface area is 117 Å².